The maximum atomic E-state index is 12.4. The third-order valence-electron chi connectivity index (χ3n) is 8.78. The second-order valence-electron chi connectivity index (χ2n) is 11.3. The molecule has 2 amide bonds. The van der Waals surface area contributed by atoms with Gasteiger partial charge in [0.25, 0.3) is 5.91 Å². The molecule has 0 radical (unpaired) electrons. The predicted molar refractivity (Wildman–Crippen MR) is 173 cm³/mol. The Balaban J connectivity index is 1.91. The molecule has 1 unspecified atom stereocenters. The van der Waals surface area contributed by atoms with Crippen molar-refractivity contribution in [1.29, 1.82) is 0 Å². The molecule has 0 bridgehead atoms. The van der Waals surface area contributed by atoms with E-state index in [1.54, 1.807) is 0 Å². The fourth-order valence-electron chi connectivity index (χ4n) is 5.97. The van der Waals surface area contributed by atoms with Crippen molar-refractivity contribution in [1.82, 2.24) is 15.3 Å². The lowest BCUT2D eigenvalue weighted by Gasteiger charge is -2.04. The van der Waals surface area contributed by atoms with Crippen LogP contribution < -0.4 is 16.0 Å². The van der Waals surface area contributed by atoms with Crippen LogP contribution in [-0.2, 0) is 41.5 Å². The SMILES string of the molecule is C/C=C1\C(=C\c2[nH]c(/C=c3\[nH]/c(=C\C4=NC(=O)C(CC)=C4C)c(C)c3CCC(=O)OC)c(CCC(=O)OC)c2C)NC(=O)C1C. The quantitative estimate of drug-likeness (QED) is 0.350. The molecule has 0 aromatic carbocycles. The first-order valence-corrected chi connectivity index (χ1v) is 15.2. The number of ether oxygens (including phenoxy) is 2. The zero-order valence-electron chi connectivity index (χ0n) is 27.3. The van der Waals surface area contributed by atoms with Crippen molar-refractivity contribution < 1.29 is 28.7 Å². The lowest BCUT2D eigenvalue weighted by atomic mass is 10.00. The molecule has 4 heterocycles. The molecular weight excluding hydrogens is 572 g/mol. The molecule has 0 saturated carbocycles. The highest BCUT2D eigenvalue weighted by Gasteiger charge is 2.29. The summed E-state index contributed by atoms with van der Waals surface area (Å²) < 4.78 is 9.83. The Morgan fingerprint density at radius 2 is 1.51 bits per heavy atom. The molecule has 3 N–H and O–H groups in total. The first-order chi connectivity index (χ1) is 21.4. The number of carbonyl (C=O) groups is 4. The Bertz CT molecular complexity index is 1810. The molecule has 1 saturated heterocycles. The highest BCUT2D eigenvalue weighted by atomic mass is 16.5. The Labute approximate surface area is 263 Å². The van der Waals surface area contributed by atoms with Gasteiger partial charge in [-0.2, -0.15) is 0 Å². The molecule has 1 fully saturated rings. The second-order valence-corrected chi connectivity index (χ2v) is 11.3. The smallest absolute Gasteiger partial charge is 0.305 e. The minimum absolute atomic E-state index is 0.0538. The van der Waals surface area contributed by atoms with Gasteiger partial charge in [-0.1, -0.05) is 13.0 Å². The summed E-state index contributed by atoms with van der Waals surface area (Å²) in [5.74, 6) is -1.15. The van der Waals surface area contributed by atoms with Gasteiger partial charge in [0, 0.05) is 46.2 Å². The van der Waals surface area contributed by atoms with Crippen molar-refractivity contribution in [3.05, 3.63) is 72.8 Å². The summed E-state index contributed by atoms with van der Waals surface area (Å²) in [7, 11) is 2.74. The maximum absolute atomic E-state index is 12.4. The number of allylic oxidation sites excluding steroid dienone is 3. The van der Waals surface area contributed by atoms with Gasteiger partial charge < -0.3 is 24.8 Å². The van der Waals surface area contributed by atoms with Crippen LogP contribution >= 0.6 is 0 Å². The monoisotopic (exact) mass is 614 g/mol. The van der Waals surface area contributed by atoms with E-state index in [0.717, 1.165) is 61.2 Å². The molecule has 0 aliphatic carbocycles. The first kappa shape index (κ1) is 33.2. The molecule has 2 aromatic rings. The average Bonchev–Trinajstić information content (AvgIpc) is 3.66. The summed E-state index contributed by atoms with van der Waals surface area (Å²) >= 11 is 0. The van der Waals surface area contributed by atoms with Crippen LogP contribution in [0.2, 0.25) is 0 Å². The van der Waals surface area contributed by atoms with E-state index in [2.05, 4.69) is 20.3 Å². The van der Waals surface area contributed by atoms with Crippen LogP contribution in [0.4, 0.5) is 0 Å². The fraction of sp³-hybridized carbons (Fsp3) is 0.400. The Kier molecular flexibility index (Phi) is 10.3. The third-order valence-corrected chi connectivity index (χ3v) is 8.78. The summed E-state index contributed by atoms with van der Waals surface area (Å²) in [4.78, 5) is 60.4. The number of carbonyl (C=O) groups excluding carboxylic acids is 4. The van der Waals surface area contributed by atoms with E-state index in [1.807, 2.05) is 65.8 Å². The number of aromatic amines is 2. The topological polar surface area (TPSA) is 143 Å². The van der Waals surface area contributed by atoms with Crippen molar-refractivity contribution >= 4 is 47.7 Å². The highest BCUT2D eigenvalue weighted by molar-refractivity contribution is 6.30. The van der Waals surface area contributed by atoms with E-state index < -0.39 is 0 Å². The first-order valence-electron chi connectivity index (χ1n) is 15.2. The van der Waals surface area contributed by atoms with Gasteiger partial charge in [0.2, 0.25) is 5.91 Å². The van der Waals surface area contributed by atoms with Crippen LogP contribution in [0.3, 0.4) is 0 Å². The van der Waals surface area contributed by atoms with Crippen molar-refractivity contribution in [2.75, 3.05) is 14.2 Å². The average molecular weight is 615 g/mol. The second kappa shape index (κ2) is 13.9. The van der Waals surface area contributed by atoms with Crippen molar-refractivity contribution in [3.63, 3.8) is 0 Å². The van der Waals surface area contributed by atoms with Gasteiger partial charge >= 0.3 is 11.9 Å². The molecule has 238 valence electrons. The van der Waals surface area contributed by atoms with Crippen LogP contribution in [0.5, 0.6) is 0 Å². The van der Waals surface area contributed by atoms with Crippen molar-refractivity contribution in [2.45, 2.75) is 73.6 Å². The zero-order valence-corrected chi connectivity index (χ0v) is 27.3. The molecule has 1 atom stereocenters. The maximum Gasteiger partial charge on any atom is 0.305 e. The van der Waals surface area contributed by atoms with Crippen LogP contribution in [0.25, 0.3) is 18.2 Å². The van der Waals surface area contributed by atoms with Gasteiger partial charge in [0.1, 0.15) is 0 Å². The summed E-state index contributed by atoms with van der Waals surface area (Å²) in [6.07, 6.45) is 9.57. The fourth-order valence-corrected chi connectivity index (χ4v) is 5.97. The molecule has 45 heavy (non-hydrogen) atoms. The number of nitrogens with zero attached hydrogens (tertiary/aromatic N) is 1. The Hall–Kier alpha value is -4.73. The Morgan fingerprint density at radius 1 is 0.867 bits per heavy atom. The van der Waals surface area contributed by atoms with Gasteiger partial charge in [0.15, 0.2) is 0 Å². The predicted octanol–water partition coefficient (Wildman–Crippen LogP) is 3.54. The minimum atomic E-state index is -0.319. The molecule has 2 aromatic heterocycles. The number of H-pyrrole nitrogens is 2. The lowest BCUT2D eigenvalue weighted by molar-refractivity contribution is -0.141. The van der Waals surface area contributed by atoms with Crippen LogP contribution in [-0.4, -0.2) is 53.7 Å². The number of esters is 2. The van der Waals surface area contributed by atoms with Crippen LogP contribution in [0.1, 0.15) is 80.6 Å². The number of rotatable bonds is 10. The summed E-state index contributed by atoms with van der Waals surface area (Å²) in [5.41, 5.74) is 9.15. The van der Waals surface area contributed by atoms with E-state index in [-0.39, 0.29) is 42.5 Å². The molecular formula is C35H42N4O6. The number of nitrogens with one attached hydrogen (secondary N) is 3. The van der Waals surface area contributed by atoms with Gasteiger partial charge in [-0.05, 0) is 106 Å². The number of methoxy groups -OCH3 is 2. The van der Waals surface area contributed by atoms with E-state index in [4.69, 9.17) is 9.47 Å². The normalized spacial score (nSPS) is 19.3. The largest absolute Gasteiger partial charge is 0.469 e. The van der Waals surface area contributed by atoms with E-state index >= 15 is 0 Å². The lowest BCUT2D eigenvalue weighted by Crippen LogP contribution is -2.16. The molecule has 0 spiro atoms. The third kappa shape index (κ3) is 6.84. The number of aromatic nitrogens is 2. The molecule has 10 heteroatoms. The standard InChI is InChI=1S/C35H42N4O6/c1-9-22-21(6)34(42)39-29(22)16-27-20(5)25(12-14-33(41)45-8)31(37-27)17-30-24(11-13-32(40)44-7)19(4)26(36-30)15-28-18(3)23(10-2)35(43)38-28/h9,15-17,21,36-37H,10-14H2,1-8H3,(H,39,42)/b22-9-,26-15-,29-16-,30-17-. The van der Waals surface area contributed by atoms with Crippen molar-refractivity contribution in [3.8, 4) is 0 Å². The van der Waals surface area contributed by atoms with Crippen LogP contribution in [0, 0.1) is 19.8 Å². The molecule has 2 aliphatic heterocycles. The van der Waals surface area contributed by atoms with Crippen LogP contribution in [0.15, 0.2) is 33.5 Å². The number of hydrogen-bond acceptors (Lipinski definition) is 6. The number of amides is 2. The number of hydrogen-bond donors (Lipinski definition) is 3. The van der Waals surface area contributed by atoms with Gasteiger partial charge in [-0.25, -0.2) is 4.99 Å². The van der Waals surface area contributed by atoms with Crippen molar-refractivity contribution in [2.24, 2.45) is 10.9 Å². The molecule has 10 nitrogen and oxygen atoms in total. The van der Waals surface area contributed by atoms with E-state index in [0.29, 0.717) is 30.5 Å². The highest BCUT2D eigenvalue weighted by Crippen LogP contribution is 2.29. The Morgan fingerprint density at radius 3 is 2.09 bits per heavy atom. The van der Waals surface area contributed by atoms with Gasteiger partial charge in [0.05, 0.1) is 25.8 Å². The zero-order chi connectivity index (χ0) is 33.0. The number of aliphatic imine (C=N–C) groups is 1. The molecule has 4 rings (SSSR count). The molecule has 2 aliphatic rings. The van der Waals surface area contributed by atoms with Gasteiger partial charge in [-0.3, -0.25) is 19.2 Å². The summed E-state index contributed by atoms with van der Waals surface area (Å²) in [5, 5.41) is 4.54. The minimum Gasteiger partial charge on any atom is -0.469 e. The summed E-state index contributed by atoms with van der Waals surface area (Å²) in [6.45, 7) is 11.6. The van der Waals surface area contributed by atoms with Gasteiger partial charge in [-0.15, -0.1) is 0 Å². The van der Waals surface area contributed by atoms with E-state index in [9.17, 15) is 19.2 Å². The van der Waals surface area contributed by atoms with E-state index in [1.165, 1.54) is 14.2 Å². The summed E-state index contributed by atoms with van der Waals surface area (Å²) in [6, 6.07) is 0.